The van der Waals surface area contributed by atoms with Gasteiger partial charge in [-0.1, -0.05) is 6.92 Å². The van der Waals surface area contributed by atoms with Gasteiger partial charge in [0.05, 0.1) is 11.2 Å². The van der Waals surface area contributed by atoms with Gasteiger partial charge in [0.2, 0.25) is 5.91 Å². The van der Waals surface area contributed by atoms with E-state index in [1.54, 1.807) is 4.68 Å². The van der Waals surface area contributed by atoms with Gasteiger partial charge in [-0.25, -0.2) is 0 Å². The summed E-state index contributed by atoms with van der Waals surface area (Å²) < 4.78 is 1.66. The van der Waals surface area contributed by atoms with Gasteiger partial charge in [-0.2, -0.15) is 5.10 Å². The van der Waals surface area contributed by atoms with Gasteiger partial charge in [0, 0.05) is 13.1 Å². The maximum absolute atomic E-state index is 12.0. The third kappa shape index (κ3) is 2.82. The first-order valence-electron chi connectivity index (χ1n) is 5.44. The molecule has 90 valence electrons. The van der Waals surface area contributed by atoms with Crippen LogP contribution in [0.2, 0.25) is 0 Å². The molecule has 0 saturated heterocycles. The van der Waals surface area contributed by atoms with Crippen molar-refractivity contribution in [3.63, 3.8) is 0 Å². The van der Waals surface area contributed by atoms with Gasteiger partial charge in [0.25, 0.3) is 0 Å². The lowest BCUT2D eigenvalue weighted by Gasteiger charge is -2.24. The molecule has 0 saturated carbocycles. The van der Waals surface area contributed by atoms with Crippen molar-refractivity contribution in [1.29, 1.82) is 0 Å². The summed E-state index contributed by atoms with van der Waals surface area (Å²) in [6.07, 6.45) is 0. The van der Waals surface area contributed by atoms with Crippen LogP contribution in [0.25, 0.3) is 0 Å². The smallest absolute Gasteiger partial charge is 0.245 e. The maximum atomic E-state index is 12.0. The zero-order valence-corrected chi connectivity index (χ0v) is 10.6. The molecule has 1 aromatic heterocycles. The van der Waals surface area contributed by atoms with E-state index in [1.807, 2.05) is 40.8 Å². The summed E-state index contributed by atoms with van der Waals surface area (Å²) in [5.74, 6) is 0.658. The lowest BCUT2D eigenvalue weighted by molar-refractivity contribution is -0.121. The van der Waals surface area contributed by atoms with Crippen LogP contribution in [0.3, 0.4) is 0 Å². The number of rotatable bonds is 4. The van der Waals surface area contributed by atoms with Crippen LogP contribution in [0.15, 0.2) is 6.07 Å². The molecule has 0 unspecified atom stereocenters. The Morgan fingerprint density at radius 1 is 1.56 bits per heavy atom. The van der Waals surface area contributed by atoms with Crippen LogP contribution in [-0.2, 0) is 11.8 Å². The van der Waals surface area contributed by atoms with E-state index in [9.17, 15) is 4.79 Å². The van der Waals surface area contributed by atoms with Crippen molar-refractivity contribution >= 4 is 11.7 Å². The lowest BCUT2D eigenvalue weighted by Crippen LogP contribution is -2.49. The van der Waals surface area contributed by atoms with Gasteiger partial charge in [0.15, 0.2) is 0 Å². The van der Waals surface area contributed by atoms with Crippen LogP contribution < -0.4 is 10.6 Å². The molecule has 0 atom stereocenters. The Bertz CT molecular complexity index is 381. The van der Waals surface area contributed by atoms with E-state index in [2.05, 4.69) is 15.7 Å². The molecule has 0 radical (unpaired) electrons. The number of carbonyl (C=O) groups excluding carboxylic acids is 1. The highest BCUT2D eigenvalue weighted by atomic mass is 16.2. The number of likely N-dealkylation sites (N-methyl/N-ethyl adjacent to an activating group) is 1. The molecule has 1 rings (SSSR count). The number of hydrogen-bond acceptors (Lipinski definition) is 3. The van der Waals surface area contributed by atoms with Gasteiger partial charge in [-0.05, 0) is 27.3 Å². The van der Waals surface area contributed by atoms with Crippen molar-refractivity contribution in [2.75, 3.05) is 11.9 Å². The first kappa shape index (κ1) is 12.7. The molecule has 1 amide bonds. The van der Waals surface area contributed by atoms with Crippen molar-refractivity contribution in [3.8, 4) is 0 Å². The monoisotopic (exact) mass is 224 g/mol. The van der Waals surface area contributed by atoms with Crippen LogP contribution in [0, 0.1) is 6.92 Å². The van der Waals surface area contributed by atoms with E-state index < -0.39 is 5.54 Å². The molecule has 16 heavy (non-hydrogen) atoms. The summed E-state index contributed by atoms with van der Waals surface area (Å²) in [4.78, 5) is 12.0. The Balaban J connectivity index is 2.75. The van der Waals surface area contributed by atoms with E-state index in [0.717, 1.165) is 12.2 Å². The SMILES string of the molecule is CCNC(C)(C)C(=O)Nc1cc(C)nn1C. The van der Waals surface area contributed by atoms with Gasteiger partial charge < -0.3 is 10.6 Å². The summed E-state index contributed by atoms with van der Waals surface area (Å²) >= 11 is 0. The first-order valence-corrected chi connectivity index (χ1v) is 5.44. The summed E-state index contributed by atoms with van der Waals surface area (Å²) in [5.41, 5.74) is 0.312. The van der Waals surface area contributed by atoms with Crippen molar-refractivity contribution in [2.45, 2.75) is 33.2 Å². The van der Waals surface area contributed by atoms with Crippen molar-refractivity contribution in [2.24, 2.45) is 7.05 Å². The molecular weight excluding hydrogens is 204 g/mol. The van der Waals surface area contributed by atoms with Gasteiger partial charge in [-0.15, -0.1) is 0 Å². The van der Waals surface area contributed by atoms with Crippen LogP contribution in [-0.4, -0.2) is 27.8 Å². The molecular formula is C11H20N4O. The van der Waals surface area contributed by atoms with Crippen LogP contribution in [0.4, 0.5) is 5.82 Å². The Kier molecular flexibility index (Phi) is 3.70. The number of carbonyl (C=O) groups is 1. The Morgan fingerprint density at radius 3 is 2.62 bits per heavy atom. The molecule has 5 heteroatoms. The van der Waals surface area contributed by atoms with Crippen molar-refractivity contribution < 1.29 is 4.79 Å². The average Bonchev–Trinajstić information content (AvgIpc) is 2.45. The standard InChI is InChI=1S/C11H20N4O/c1-6-12-11(3,4)10(16)13-9-7-8(2)14-15(9)5/h7,12H,6H2,1-5H3,(H,13,16). The molecule has 0 aromatic carbocycles. The van der Waals surface area contributed by atoms with Gasteiger partial charge >= 0.3 is 0 Å². The third-order valence-corrected chi connectivity index (χ3v) is 2.43. The Hall–Kier alpha value is -1.36. The minimum absolute atomic E-state index is 0.0580. The van der Waals surface area contributed by atoms with Crippen LogP contribution in [0.1, 0.15) is 26.5 Å². The summed E-state index contributed by atoms with van der Waals surface area (Å²) in [6.45, 7) is 8.34. The molecule has 0 fully saturated rings. The zero-order chi connectivity index (χ0) is 12.3. The predicted octanol–water partition coefficient (Wildman–Crippen LogP) is 1.06. The number of aryl methyl sites for hydroxylation is 2. The number of anilines is 1. The van der Waals surface area contributed by atoms with Gasteiger partial charge in [0.1, 0.15) is 5.82 Å². The van der Waals surface area contributed by atoms with Crippen LogP contribution >= 0.6 is 0 Å². The molecule has 0 aliphatic heterocycles. The molecule has 5 nitrogen and oxygen atoms in total. The molecule has 0 bridgehead atoms. The number of nitrogens with one attached hydrogen (secondary N) is 2. The molecule has 0 spiro atoms. The van der Waals surface area contributed by atoms with Crippen molar-refractivity contribution in [3.05, 3.63) is 11.8 Å². The Morgan fingerprint density at radius 2 is 2.19 bits per heavy atom. The summed E-state index contributed by atoms with van der Waals surface area (Å²) in [5, 5.41) is 10.2. The molecule has 2 N–H and O–H groups in total. The second kappa shape index (κ2) is 4.65. The highest BCUT2D eigenvalue weighted by Gasteiger charge is 2.26. The predicted molar refractivity (Wildman–Crippen MR) is 64.3 cm³/mol. The summed E-state index contributed by atoms with van der Waals surface area (Å²) in [7, 11) is 1.81. The minimum atomic E-state index is -0.576. The first-order chi connectivity index (χ1) is 7.36. The van der Waals surface area contributed by atoms with E-state index in [1.165, 1.54) is 0 Å². The fourth-order valence-electron chi connectivity index (χ4n) is 1.52. The Labute approximate surface area is 96.2 Å². The van der Waals surface area contributed by atoms with Crippen molar-refractivity contribution in [1.82, 2.24) is 15.1 Å². The average molecular weight is 224 g/mol. The quantitative estimate of drug-likeness (QED) is 0.804. The lowest BCUT2D eigenvalue weighted by atomic mass is 10.0. The minimum Gasteiger partial charge on any atom is -0.309 e. The number of amides is 1. The normalized spacial score (nSPS) is 11.6. The largest absolute Gasteiger partial charge is 0.309 e. The van der Waals surface area contributed by atoms with Gasteiger partial charge in [-0.3, -0.25) is 9.48 Å². The third-order valence-electron chi connectivity index (χ3n) is 2.43. The molecule has 0 aliphatic carbocycles. The molecule has 1 heterocycles. The highest BCUT2D eigenvalue weighted by molar-refractivity contribution is 5.96. The highest BCUT2D eigenvalue weighted by Crippen LogP contribution is 2.11. The second-order valence-electron chi connectivity index (χ2n) is 4.40. The van der Waals surface area contributed by atoms with E-state index in [0.29, 0.717) is 5.82 Å². The topological polar surface area (TPSA) is 59.0 Å². The number of aromatic nitrogens is 2. The fraction of sp³-hybridized carbons (Fsp3) is 0.636. The second-order valence-corrected chi connectivity index (χ2v) is 4.40. The van der Waals surface area contributed by atoms with E-state index in [-0.39, 0.29) is 5.91 Å². The summed E-state index contributed by atoms with van der Waals surface area (Å²) in [6, 6.07) is 1.85. The number of nitrogens with zero attached hydrogens (tertiary/aromatic N) is 2. The molecule has 1 aromatic rings. The maximum Gasteiger partial charge on any atom is 0.245 e. The van der Waals surface area contributed by atoms with E-state index >= 15 is 0 Å². The number of hydrogen-bond donors (Lipinski definition) is 2. The van der Waals surface area contributed by atoms with E-state index in [4.69, 9.17) is 0 Å². The molecule has 0 aliphatic rings. The fourth-order valence-corrected chi connectivity index (χ4v) is 1.52. The zero-order valence-electron chi connectivity index (χ0n) is 10.6. The van der Waals surface area contributed by atoms with Crippen LogP contribution in [0.5, 0.6) is 0 Å².